The van der Waals surface area contributed by atoms with Crippen molar-refractivity contribution in [2.24, 2.45) is 5.73 Å². The smallest absolute Gasteiger partial charge is 0.0313 e. The van der Waals surface area contributed by atoms with E-state index in [-0.39, 0.29) is 5.54 Å². The van der Waals surface area contributed by atoms with E-state index in [1.807, 2.05) is 0 Å². The van der Waals surface area contributed by atoms with Crippen molar-refractivity contribution < 1.29 is 0 Å². The molecule has 1 aliphatic heterocycles. The van der Waals surface area contributed by atoms with E-state index in [9.17, 15) is 0 Å². The number of nitrogens with two attached hydrogens (primary N) is 1. The molecule has 0 bridgehead atoms. The predicted octanol–water partition coefficient (Wildman–Crippen LogP) is 2.14. The lowest BCUT2D eigenvalue weighted by atomic mass is 10.0. The van der Waals surface area contributed by atoms with Crippen molar-refractivity contribution in [2.75, 3.05) is 6.54 Å². The van der Waals surface area contributed by atoms with Crippen LogP contribution in [0.15, 0.2) is 30.3 Å². The maximum absolute atomic E-state index is 6.35. The van der Waals surface area contributed by atoms with Crippen LogP contribution in [0, 0.1) is 0 Å². The minimum Gasteiger partial charge on any atom is -0.324 e. The van der Waals surface area contributed by atoms with Gasteiger partial charge in [-0.05, 0) is 37.8 Å². The van der Waals surface area contributed by atoms with Gasteiger partial charge in [0.2, 0.25) is 0 Å². The third kappa shape index (κ3) is 1.87. The first-order valence-corrected chi connectivity index (χ1v) is 6.35. The molecule has 0 spiro atoms. The zero-order valence-electron chi connectivity index (χ0n) is 9.73. The number of nitrogens with zero attached hydrogens (tertiary/aromatic N) is 1. The minimum atomic E-state index is 0.158. The average molecular weight is 216 g/mol. The highest BCUT2D eigenvalue weighted by molar-refractivity contribution is 5.17. The van der Waals surface area contributed by atoms with Crippen LogP contribution >= 0.6 is 0 Å². The second kappa shape index (κ2) is 3.86. The molecule has 0 amide bonds. The second-order valence-corrected chi connectivity index (χ2v) is 5.35. The lowest BCUT2D eigenvalue weighted by Crippen LogP contribution is -2.45. The summed E-state index contributed by atoms with van der Waals surface area (Å²) in [5.41, 5.74) is 7.93. The topological polar surface area (TPSA) is 29.3 Å². The summed E-state index contributed by atoms with van der Waals surface area (Å²) >= 11 is 0. The molecule has 1 unspecified atom stereocenters. The maximum atomic E-state index is 6.35. The first-order valence-electron chi connectivity index (χ1n) is 6.35. The standard InChI is InChI=1S/C14H20N2/c15-14(8-9-14)13-7-4-10-16(13)11-12-5-2-1-3-6-12/h1-3,5-6,13H,4,7-11,15H2. The molecule has 1 atom stereocenters. The Morgan fingerprint density at radius 1 is 1.25 bits per heavy atom. The quantitative estimate of drug-likeness (QED) is 0.838. The van der Waals surface area contributed by atoms with E-state index in [2.05, 4.69) is 35.2 Å². The van der Waals surface area contributed by atoms with Crippen LogP contribution in [0.25, 0.3) is 0 Å². The molecule has 0 radical (unpaired) electrons. The Bertz CT molecular complexity index is 356. The lowest BCUT2D eigenvalue weighted by molar-refractivity contribution is 0.207. The molecule has 1 aliphatic carbocycles. The minimum absolute atomic E-state index is 0.158. The van der Waals surface area contributed by atoms with Crippen molar-refractivity contribution >= 4 is 0 Å². The molecule has 2 N–H and O–H groups in total. The van der Waals surface area contributed by atoms with Crippen molar-refractivity contribution in [3.63, 3.8) is 0 Å². The Hall–Kier alpha value is -0.860. The Balaban J connectivity index is 1.70. The van der Waals surface area contributed by atoms with Crippen LogP contribution in [0.3, 0.4) is 0 Å². The van der Waals surface area contributed by atoms with Crippen LogP contribution in [0.4, 0.5) is 0 Å². The molecule has 1 saturated carbocycles. The van der Waals surface area contributed by atoms with Gasteiger partial charge in [0.1, 0.15) is 0 Å². The van der Waals surface area contributed by atoms with Gasteiger partial charge in [-0.25, -0.2) is 0 Å². The predicted molar refractivity (Wildman–Crippen MR) is 66.0 cm³/mol. The van der Waals surface area contributed by atoms with Gasteiger partial charge in [0.05, 0.1) is 0 Å². The zero-order valence-corrected chi connectivity index (χ0v) is 9.73. The summed E-state index contributed by atoms with van der Waals surface area (Å²) in [5, 5.41) is 0. The van der Waals surface area contributed by atoms with Crippen LogP contribution in [0.5, 0.6) is 0 Å². The largest absolute Gasteiger partial charge is 0.324 e. The Morgan fingerprint density at radius 3 is 2.69 bits per heavy atom. The molecule has 1 aromatic carbocycles. The highest BCUT2D eigenvalue weighted by Crippen LogP contribution is 2.42. The van der Waals surface area contributed by atoms with Crippen molar-refractivity contribution in [1.29, 1.82) is 0 Å². The Morgan fingerprint density at radius 2 is 2.00 bits per heavy atom. The van der Waals surface area contributed by atoms with Gasteiger partial charge in [-0.1, -0.05) is 30.3 Å². The monoisotopic (exact) mass is 216 g/mol. The molecule has 1 heterocycles. The Kier molecular flexibility index (Phi) is 2.49. The first kappa shape index (κ1) is 10.3. The molecular formula is C14H20N2. The van der Waals surface area contributed by atoms with Gasteiger partial charge in [-0.2, -0.15) is 0 Å². The summed E-state index contributed by atoms with van der Waals surface area (Å²) in [6.45, 7) is 2.29. The van der Waals surface area contributed by atoms with Gasteiger partial charge in [-0.3, -0.25) is 4.90 Å². The van der Waals surface area contributed by atoms with E-state index in [0.717, 1.165) is 6.54 Å². The third-order valence-corrected chi connectivity index (χ3v) is 4.08. The highest BCUT2D eigenvalue weighted by atomic mass is 15.2. The van der Waals surface area contributed by atoms with E-state index in [1.165, 1.54) is 37.8 Å². The fraction of sp³-hybridized carbons (Fsp3) is 0.571. The number of rotatable bonds is 3. The third-order valence-electron chi connectivity index (χ3n) is 4.08. The molecule has 0 aromatic heterocycles. The van der Waals surface area contributed by atoms with Crippen molar-refractivity contribution in [3.05, 3.63) is 35.9 Å². The SMILES string of the molecule is NC1(C2CCCN2Cc2ccccc2)CC1. The molecule has 2 nitrogen and oxygen atoms in total. The van der Waals surface area contributed by atoms with Gasteiger partial charge >= 0.3 is 0 Å². The van der Waals surface area contributed by atoms with Gasteiger partial charge in [0.15, 0.2) is 0 Å². The zero-order chi connectivity index (χ0) is 11.0. The summed E-state index contributed by atoms with van der Waals surface area (Å²) in [7, 11) is 0. The number of hydrogen-bond acceptors (Lipinski definition) is 2. The number of likely N-dealkylation sites (tertiary alicyclic amines) is 1. The van der Waals surface area contributed by atoms with E-state index < -0.39 is 0 Å². The average Bonchev–Trinajstić information content (AvgIpc) is 2.88. The van der Waals surface area contributed by atoms with Crippen molar-refractivity contribution in [1.82, 2.24) is 4.90 Å². The molecule has 2 fully saturated rings. The van der Waals surface area contributed by atoms with E-state index in [4.69, 9.17) is 5.73 Å². The Labute approximate surface area is 97.4 Å². The molecular weight excluding hydrogens is 196 g/mol. The summed E-state index contributed by atoms with van der Waals surface area (Å²) in [4.78, 5) is 2.59. The lowest BCUT2D eigenvalue weighted by Gasteiger charge is -2.29. The second-order valence-electron chi connectivity index (χ2n) is 5.35. The van der Waals surface area contributed by atoms with Gasteiger partial charge in [0.25, 0.3) is 0 Å². The van der Waals surface area contributed by atoms with Crippen LogP contribution < -0.4 is 5.73 Å². The van der Waals surface area contributed by atoms with Crippen LogP contribution in [0.1, 0.15) is 31.2 Å². The van der Waals surface area contributed by atoms with Gasteiger partial charge in [-0.15, -0.1) is 0 Å². The molecule has 1 saturated heterocycles. The molecule has 3 rings (SSSR count). The molecule has 86 valence electrons. The fourth-order valence-corrected chi connectivity index (χ4v) is 2.96. The van der Waals surface area contributed by atoms with Crippen LogP contribution in [-0.4, -0.2) is 23.0 Å². The van der Waals surface area contributed by atoms with E-state index in [0.29, 0.717) is 6.04 Å². The summed E-state index contributed by atoms with van der Waals surface area (Å²) < 4.78 is 0. The van der Waals surface area contributed by atoms with Gasteiger partial charge < -0.3 is 5.73 Å². The summed E-state index contributed by atoms with van der Waals surface area (Å²) in [6, 6.07) is 11.4. The van der Waals surface area contributed by atoms with E-state index >= 15 is 0 Å². The number of benzene rings is 1. The van der Waals surface area contributed by atoms with E-state index in [1.54, 1.807) is 0 Å². The number of hydrogen-bond donors (Lipinski definition) is 1. The molecule has 2 aliphatic rings. The van der Waals surface area contributed by atoms with Crippen LogP contribution in [0.2, 0.25) is 0 Å². The van der Waals surface area contributed by atoms with Crippen molar-refractivity contribution in [2.45, 2.75) is 43.8 Å². The molecule has 2 heteroatoms. The first-order chi connectivity index (χ1) is 7.78. The van der Waals surface area contributed by atoms with Crippen LogP contribution in [-0.2, 0) is 6.54 Å². The van der Waals surface area contributed by atoms with Gasteiger partial charge in [0, 0.05) is 18.1 Å². The summed E-state index contributed by atoms with van der Waals surface area (Å²) in [5.74, 6) is 0. The normalized spacial score (nSPS) is 28.2. The highest BCUT2D eigenvalue weighted by Gasteiger charge is 2.49. The maximum Gasteiger partial charge on any atom is 0.0313 e. The molecule has 16 heavy (non-hydrogen) atoms. The molecule has 1 aromatic rings. The summed E-state index contributed by atoms with van der Waals surface area (Å²) in [6.07, 6.45) is 5.06. The van der Waals surface area contributed by atoms with Crippen molar-refractivity contribution in [3.8, 4) is 0 Å². The fourth-order valence-electron chi connectivity index (χ4n) is 2.96.